The van der Waals surface area contributed by atoms with E-state index in [4.69, 9.17) is 27.9 Å². The first-order valence-electron chi connectivity index (χ1n) is 2.97. The Balaban J connectivity index is 3.24. The van der Waals surface area contributed by atoms with E-state index in [1.54, 1.807) is 0 Å². The van der Waals surface area contributed by atoms with E-state index in [-0.39, 0.29) is 0 Å². The minimum atomic E-state index is 0.509. The molecule has 0 aliphatic rings. The van der Waals surface area contributed by atoms with E-state index >= 15 is 0 Å². The molecule has 0 saturated heterocycles. The molecule has 0 radical (unpaired) electrons. The van der Waals surface area contributed by atoms with Crippen molar-refractivity contribution in [2.75, 3.05) is 12.5 Å². The zero-order valence-corrected chi connectivity index (χ0v) is 7.16. The van der Waals surface area contributed by atoms with Crippen molar-refractivity contribution in [3.63, 3.8) is 0 Å². The van der Waals surface area contributed by atoms with Gasteiger partial charge in [0.05, 0.1) is 11.6 Å². The molecule has 0 atom stereocenters. The normalized spacial score (nSPS) is 11.2. The van der Waals surface area contributed by atoms with Gasteiger partial charge in [0, 0.05) is 5.88 Å². The third-order valence-corrected chi connectivity index (χ3v) is 1.30. The predicted molar refractivity (Wildman–Crippen MR) is 45.4 cm³/mol. The first-order valence-corrected chi connectivity index (χ1v) is 3.88. The van der Waals surface area contributed by atoms with Gasteiger partial charge >= 0.3 is 0 Å². The molecule has 0 aliphatic heterocycles. The van der Waals surface area contributed by atoms with E-state index in [1.165, 1.54) is 12.3 Å². The monoisotopic (exact) mass is 180 g/mol. The molecule has 0 aromatic carbocycles. The van der Waals surface area contributed by atoms with Crippen molar-refractivity contribution in [3.05, 3.63) is 23.9 Å². The van der Waals surface area contributed by atoms with E-state index in [0.717, 1.165) is 6.42 Å². The van der Waals surface area contributed by atoms with Gasteiger partial charge in [-0.15, -0.1) is 11.6 Å². The summed E-state index contributed by atoms with van der Waals surface area (Å²) in [7, 11) is 0. The molecule has 0 aromatic heterocycles. The molecule has 58 valence electrons. The molecule has 0 aliphatic carbocycles. The highest BCUT2D eigenvalue weighted by molar-refractivity contribution is 6.31. The number of halogens is 2. The number of hydrogen-bond acceptors (Lipinski definition) is 1. The summed E-state index contributed by atoms with van der Waals surface area (Å²) in [6.45, 7) is 4.06. The van der Waals surface area contributed by atoms with Gasteiger partial charge in [0.2, 0.25) is 0 Å². The maximum absolute atomic E-state index is 5.53. The first kappa shape index (κ1) is 9.86. The maximum atomic E-state index is 5.53. The van der Waals surface area contributed by atoms with Gasteiger partial charge in [0.1, 0.15) is 6.26 Å². The zero-order chi connectivity index (χ0) is 7.82. The van der Waals surface area contributed by atoms with Gasteiger partial charge in [-0.2, -0.15) is 0 Å². The molecular formula is C7H10Cl2O. The average molecular weight is 181 g/mol. The summed E-state index contributed by atoms with van der Waals surface area (Å²) in [5.41, 5.74) is 0. The van der Waals surface area contributed by atoms with E-state index < -0.39 is 0 Å². The molecular weight excluding hydrogens is 171 g/mol. The van der Waals surface area contributed by atoms with Crippen LogP contribution in [0.25, 0.3) is 0 Å². The molecule has 0 spiro atoms. The SMILES string of the molecule is C=C/C(Cl)=C/OCCCCl. The molecule has 10 heavy (non-hydrogen) atoms. The van der Waals surface area contributed by atoms with Crippen LogP contribution >= 0.6 is 23.2 Å². The van der Waals surface area contributed by atoms with Gasteiger partial charge in [0.25, 0.3) is 0 Å². The van der Waals surface area contributed by atoms with Gasteiger partial charge in [-0.3, -0.25) is 0 Å². The van der Waals surface area contributed by atoms with Crippen LogP contribution in [0, 0.1) is 0 Å². The van der Waals surface area contributed by atoms with E-state index in [1.807, 2.05) is 0 Å². The Hall–Kier alpha value is -0.140. The van der Waals surface area contributed by atoms with Crippen molar-refractivity contribution in [3.8, 4) is 0 Å². The molecule has 1 nitrogen and oxygen atoms in total. The lowest BCUT2D eigenvalue weighted by Gasteiger charge is -1.96. The van der Waals surface area contributed by atoms with Crippen molar-refractivity contribution in [2.24, 2.45) is 0 Å². The fourth-order valence-corrected chi connectivity index (χ4v) is 0.497. The highest BCUT2D eigenvalue weighted by atomic mass is 35.5. The van der Waals surface area contributed by atoms with E-state index in [0.29, 0.717) is 17.5 Å². The average Bonchev–Trinajstić information content (AvgIpc) is 1.98. The van der Waals surface area contributed by atoms with Crippen LogP contribution in [0.5, 0.6) is 0 Å². The van der Waals surface area contributed by atoms with Crippen molar-refractivity contribution >= 4 is 23.2 Å². The lowest BCUT2D eigenvalue weighted by atomic mass is 10.5. The third kappa shape index (κ3) is 5.99. The van der Waals surface area contributed by atoms with E-state index in [9.17, 15) is 0 Å². The summed E-state index contributed by atoms with van der Waals surface area (Å²) in [6, 6.07) is 0. The van der Waals surface area contributed by atoms with Crippen molar-refractivity contribution in [2.45, 2.75) is 6.42 Å². The number of alkyl halides is 1. The smallest absolute Gasteiger partial charge is 0.101 e. The number of hydrogen-bond donors (Lipinski definition) is 0. The fourth-order valence-electron chi connectivity index (χ4n) is 0.325. The molecule has 0 aromatic rings. The van der Waals surface area contributed by atoms with E-state index in [2.05, 4.69) is 6.58 Å². The molecule has 0 bridgehead atoms. The Kier molecular flexibility index (Phi) is 6.88. The molecule has 0 rings (SSSR count). The van der Waals surface area contributed by atoms with Crippen LogP contribution in [0.15, 0.2) is 23.9 Å². The Labute approximate surface area is 71.3 Å². The highest BCUT2D eigenvalue weighted by Gasteiger charge is 1.84. The summed E-state index contributed by atoms with van der Waals surface area (Å²) in [6.07, 6.45) is 3.81. The molecule has 0 unspecified atom stereocenters. The van der Waals surface area contributed by atoms with Gasteiger partial charge in [-0.05, 0) is 12.5 Å². The largest absolute Gasteiger partial charge is 0.500 e. The van der Waals surface area contributed by atoms with Crippen LogP contribution in [0.4, 0.5) is 0 Å². The molecule has 3 heteroatoms. The Morgan fingerprint density at radius 2 is 2.30 bits per heavy atom. The number of rotatable bonds is 5. The molecule has 0 amide bonds. The van der Waals surface area contributed by atoms with Crippen molar-refractivity contribution < 1.29 is 4.74 Å². The Bertz CT molecular complexity index is 121. The lowest BCUT2D eigenvalue weighted by Crippen LogP contribution is -1.87. The standard InChI is InChI=1S/C7H10Cl2O/c1-2-7(9)6-10-5-3-4-8/h2,6H,1,3-5H2/b7-6-. The van der Waals surface area contributed by atoms with Gasteiger partial charge < -0.3 is 4.74 Å². The van der Waals surface area contributed by atoms with Crippen LogP contribution in [-0.2, 0) is 4.74 Å². The summed E-state index contributed by atoms with van der Waals surface area (Å²) >= 11 is 10.9. The third-order valence-electron chi connectivity index (χ3n) is 0.787. The van der Waals surface area contributed by atoms with Crippen LogP contribution in [0.2, 0.25) is 0 Å². The van der Waals surface area contributed by atoms with Crippen LogP contribution < -0.4 is 0 Å². The van der Waals surface area contributed by atoms with Gasteiger partial charge in [0.15, 0.2) is 0 Å². The summed E-state index contributed by atoms with van der Waals surface area (Å²) in [5, 5.41) is 0.509. The fraction of sp³-hybridized carbons (Fsp3) is 0.429. The minimum absolute atomic E-state index is 0.509. The highest BCUT2D eigenvalue weighted by Crippen LogP contribution is 2.01. The second kappa shape index (κ2) is 6.97. The lowest BCUT2D eigenvalue weighted by molar-refractivity contribution is 0.250. The van der Waals surface area contributed by atoms with Gasteiger partial charge in [-0.1, -0.05) is 18.2 Å². The number of ether oxygens (including phenoxy) is 1. The maximum Gasteiger partial charge on any atom is 0.101 e. The zero-order valence-electron chi connectivity index (χ0n) is 5.65. The summed E-state index contributed by atoms with van der Waals surface area (Å²) in [5.74, 6) is 0.611. The van der Waals surface area contributed by atoms with Crippen LogP contribution in [0.1, 0.15) is 6.42 Å². The Morgan fingerprint density at radius 1 is 1.60 bits per heavy atom. The quantitative estimate of drug-likeness (QED) is 0.274. The number of allylic oxidation sites excluding steroid dienone is 2. The summed E-state index contributed by atoms with van der Waals surface area (Å²) in [4.78, 5) is 0. The van der Waals surface area contributed by atoms with Crippen molar-refractivity contribution in [1.29, 1.82) is 0 Å². The first-order chi connectivity index (χ1) is 4.81. The molecule has 0 saturated carbocycles. The topological polar surface area (TPSA) is 9.23 Å². The van der Waals surface area contributed by atoms with Crippen molar-refractivity contribution in [1.82, 2.24) is 0 Å². The second-order valence-corrected chi connectivity index (χ2v) is 2.43. The molecule has 0 heterocycles. The van der Waals surface area contributed by atoms with Crippen LogP contribution in [-0.4, -0.2) is 12.5 Å². The minimum Gasteiger partial charge on any atom is -0.500 e. The second-order valence-electron chi connectivity index (χ2n) is 1.62. The predicted octanol–water partition coefficient (Wildman–Crippen LogP) is 2.90. The Morgan fingerprint density at radius 3 is 2.80 bits per heavy atom. The summed E-state index contributed by atoms with van der Waals surface area (Å²) < 4.78 is 4.98. The molecule has 0 fully saturated rings. The van der Waals surface area contributed by atoms with Gasteiger partial charge in [-0.25, -0.2) is 0 Å². The van der Waals surface area contributed by atoms with Crippen LogP contribution in [0.3, 0.4) is 0 Å². The molecule has 0 N–H and O–H groups in total.